The molecule has 1 unspecified atom stereocenters. The Labute approximate surface area is 60.4 Å². The van der Waals surface area contributed by atoms with Crippen molar-refractivity contribution in [1.82, 2.24) is 0 Å². The minimum Gasteiger partial charge on any atom is -0.305 e. The Morgan fingerprint density at radius 2 is 2.30 bits per heavy atom. The van der Waals surface area contributed by atoms with Crippen LogP contribution in [0.15, 0.2) is 11.6 Å². The maximum Gasteiger partial charge on any atom is 0.161 e. The Balaban J connectivity index is 2.91. The highest BCUT2D eigenvalue weighted by Crippen LogP contribution is 2.16. The van der Waals surface area contributed by atoms with Gasteiger partial charge in [0.2, 0.25) is 0 Å². The topological polar surface area (TPSA) is 40.9 Å². The number of hydrogen-bond acceptors (Lipinski definition) is 2. The summed E-state index contributed by atoms with van der Waals surface area (Å²) in [5.74, 6) is 0.216. The molecule has 0 aromatic rings. The second-order valence-electron chi connectivity index (χ2n) is 2.82. The maximum absolute atomic E-state index is 11.1. The number of hydrogen-bond donors (Lipinski definition) is 1. The summed E-state index contributed by atoms with van der Waals surface area (Å²) >= 11 is 0. The third kappa shape index (κ3) is 1.15. The Hall–Kier alpha value is -0.920. The van der Waals surface area contributed by atoms with E-state index >= 15 is 0 Å². The van der Waals surface area contributed by atoms with E-state index in [1.165, 1.54) is 0 Å². The predicted molar refractivity (Wildman–Crippen MR) is 40.3 cm³/mol. The van der Waals surface area contributed by atoms with E-state index in [0.29, 0.717) is 12.1 Å². The Morgan fingerprint density at radius 1 is 1.70 bits per heavy atom. The summed E-state index contributed by atoms with van der Waals surface area (Å²) in [4.78, 5) is 11.1. The van der Waals surface area contributed by atoms with Gasteiger partial charge in [0.05, 0.1) is 0 Å². The van der Waals surface area contributed by atoms with Gasteiger partial charge in [-0.3, -0.25) is 4.79 Å². The molecule has 0 spiro atoms. The van der Waals surface area contributed by atoms with Gasteiger partial charge in [0.25, 0.3) is 0 Å². The van der Waals surface area contributed by atoms with Crippen molar-refractivity contribution in [3.05, 3.63) is 11.6 Å². The lowest BCUT2D eigenvalue weighted by Crippen LogP contribution is -2.20. The van der Waals surface area contributed by atoms with Crippen LogP contribution < -0.4 is 0 Å². The van der Waals surface area contributed by atoms with Crippen LogP contribution >= 0.6 is 0 Å². The summed E-state index contributed by atoms with van der Waals surface area (Å²) in [5.41, 5.74) is 1.30. The number of allylic oxidation sites excluding steroid dienone is 2. The number of carbonyl (C=O) groups excluding carboxylic acids is 1. The van der Waals surface area contributed by atoms with Crippen molar-refractivity contribution in [3.8, 4) is 0 Å². The number of Topliss-reactive ketones (excluding diaryl/α,β-unsaturated/α-hetero) is 1. The molecule has 1 atom stereocenters. The van der Waals surface area contributed by atoms with E-state index < -0.39 is 0 Å². The summed E-state index contributed by atoms with van der Waals surface area (Å²) < 4.78 is 0. The van der Waals surface area contributed by atoms with E-state index in [1.54, 1.807) is 13.0 Å². The molecule has 0 amide bonds. The highest BCUT2D eigenvalue weighted by molar-refractivity contribution is 6.09. The van der Waals surface area contributed by atoms with Crippen LogP contribution in [0.4, 0.5) is 0 Å². The number of rotatable bonds is 0. The quantitative estimate of drug-likeness (QED) is 0.540. The third-order valence-electron chi connectivity index (χ3n) is 1.75. The first kappa shape index (κ1) is 7.19. The summed E-state index contributed by atoms with van der Waals surface area (Å²) in [6.45, 7) is 3.64. The van der Waals surface area contributed by atoms with Crippen molar-refractivity contribution >= 4 is 11.5 Å². The predicted octanol–water partition coefficient (Wildman–Crippen LogP) is 1.56. The molecule has 0 saturated heterocycles. The zero-order valence-corrected chi connectivity index (χ0v) is 6.27. The van der Waals surface area contributed by atoms with Gasteiger partial charge in [0, 0.05) is 11.6 Å². The smallest absolute Gasteiger partial charge is 0.161 e. The average Bonchev–Trinajstić information content (AvgIpc) is 1.82. The van der Waals surface area contributed by atoms with Crippen LogP contribution in [-0.4, -0.2) is 11.5 Å². The molecule has 2 nitrogen and oxygen atoms in total. The zero-order valence-electron chi connectivity index (χ0n) is 6.27. The molecule has 10 heavy (non-hydrogen) atoms. The zero-order chi connectivity index (χ0) is 7.72. The molecule has 0 aromatic heterocycles. The van der Waals surface area contributed by atoms with Crippen LogP contribution in [0.1, 0.15) is 20.3 Å². The minimum absolute atomic E-state index is 0.0255. The van der Waals surface area contributed by atoms with E-state index in [-0.39, 0.29) is 11.7 Å². The fourth-order valence-electron chi connectivity index (χ4n) is 1.20. The van der Waals surface area contributed by atoms with Crippen molar-refractivity contribution < 1.29 is 4.79 Å². The Morgan fingerprint density at radius 3 is 2.80 bits per heavy atom. The van der Waals surface area contributed by atoms with Gasteiger partial charge >= 0.3 is 0 Å². The molecule has 0 aliphatic heterocycles. The SMILES string of the molecule is CC1=CC(=N)CC(C)C1=O. The van der Waals surface area contributed by atoms with Gasteiger partial charge in [-0.25, -0.2) is 0 Å². The molecule has 54 valence electrons. The summed E-state index contributed by atoms with van der Waals surface area (Å²) in [7, 11) is 0. The van der Waals surface area contributed by atoms with Crippen LogP contribution in [-0.2, 0) is 4.79 Å². The molecule has 1 N–H and O–H groups in total. The largest absolute Gasteiger partial charge is 0.305 e. The van der Waals surface area contributed by atoms with Gasteiger partial charge in [-0.1, -0.05) is 6.92 Å². The normalized spacial score (nSPS) is 26.6. The lowest BCUT2D eigenvalue weighted by molar-refractivity contribution is -0.118. The molecule has 0 bridgehead atoms. The van der Waals surface area contributed by atoms with Gasteiger partial charge in [-0.15, -0.1) is 0 Å². The lowest BCUT2D eigenvalue weighted by Gasteiger charge is -2.15. The molecule has 0 heterocycles. The molecular formula is C8H11NO. The summed E-state index contributed by atoms with van der Waals surface area (Å²) in [6, 6.07) is 0. The van der Waals surface area contributed by atoms with E-state index in [2.05, 4.69) is 0 Å². The van der Waals surface area contributed by atoms with E-state index in [1.807, 2.05) is 6.92 Å². The fraction of sp³-hybridized carbons (Fsp3) is 0.500. The van der Waals surface area contributed by atoms with Gasteiger partial charge in [-0.2, -0.15) is 0 Å². The first-order valence-corrected chi connectivity index (χ1v) is 3.41. The highest BCUT2D eigenvalue weighted by Gasteiger charge is 2.20. The van der Waals surface area contributed by atoms with Crippen molar-refractivity contribution in [2.45, 2.75) is 20.3 Å². The third-order valence-corrected chi connectivity index (χ3v) is 1.75. The van der Waals surface area contributed by atoms with Crippen molar-refractivity contribution in [2.24, 2.45) is 5.92 Å². The molecular weight excluding hydrogens is 126 g/mol. The summed E-state index contributed by atoms with van der Waals surface area (Å²) in [6.07, 6.45) is 2.26. The van der Waals surface area contributed by atoms with Gasteiger partial charge in [0.15, 0.2) is 5.78 Å². The fourth-order valence-corrected chi connectivity index (χ4v) is 1.20. The molecule has 0 fully saturated rings. The molecule has 1 rings (SSSR count). The highest BCUT2D eigenvalue weighted by atomic mass is 16.1. The van der Waals surface area contributed by atoms with Crippen LogP contribution in [0.3, 0.4) is 0 Å². The Bertz CT molecular complexity index is 215. The van der Waals surface area contributed by atoms with Gasteiger partial charge in [-0.05, 0) is 25.0 Å². The molecule has 0 radical (unpaired) electrons. The second kappa shape index (κ2) is 2.37. The van der Waals surface area contributed by atoms with E-state index in [0.717, 1.165) is 5.57 Å². The second-order valence-corrected chi connectivity index (χ2v) is 2.82. The van der Waals surface area contributed by atoms with Gasteiger partial charge in [0.1, 0.15) is 0 Å². The maximum atomic E-state index is 11.1. The summed E-state index contributed by atoms with van der Waals surface area (Å²) in [5, 5.41) is 7.31. The monoisotopic (exact) mass is 137 g/mol. The number of nitrogens with one attached hydrogen (secondary N) is 1. The van der Waals surface area contributed by atoms with Crippen LogP contribution in [0.25, 0.3) is 0 Å². The lowest BCUT2D eigenvalue weighted by atomic mass is 9.89. The molecule has 1 aliphatic rings. The van der Waals surface area contributed by atoms with E-state index in [4.69, 9.17) is 5.41 Å². The molecule has 0 aromatic carbocycles. The Kier molecular flexibility index (Phi) is 1.70. The standard InChI is InChI=1S/C8H11NO/c1-5-3-7(9)4-6(2)8(5)10/h3,6,9H,4H2,1-2H3. The van der Waals surface area contributed by atoms with Crippen LogP contribution in [0.5, 0.6) is 0 Å². The van der Waals surface area contributed by atoms with Crippen molar-refractivity contribution in [2.75, 3.05) is 0 Å². The van der Waals surface area contributed by atoms with Crippen molar-refractivity contribution in [1.29, 1.82) is 5.41 Å². The first-order chi connectivity index (χ1) is 4.61. The molecule has 1 aliphatic carbocycles. The minimum atomic E-state index is 0.0255. The molecule has 2 heteroatoms. The first-order valence-electron chi connectivity index (χ1n) is 3.41. The van der Waals surface area contributed by atoms with Crippen LogP contribution in [0, 0.1) is 11.3 Å². The number of ketones is 1. The average molecular weight is 137 g/mol. The van der Waals surface area contributed by atoms with Crippen molar-refractivity contribution in [3.63, 3.8) is 0 Å². The molecule has 0 saturated carbocycles. The van der Waals surface area contributed by atoms with E-state index in [9.17, 15) is 4.79 Å². The number of carbonyl (C=O) groups is 1. The van der Waals surface area contributed by atoms with Gasteiger partial charge < -0.3 is 5.41 Å². The van der Waals surface area contributed by atoms with Crippen LogP contribution in [0.2, 0.25) is 0 Å².